The van der Waals surface area contributed by atoms with Crippen LogP contribution in [0.3, 0.4) is 0 Å². The SMILES string of the molecule is CC(C)CNCc1ccc(-c2cc3ncncc3s2)cc1. The van der Waals surface area contributed by atoms with Crippen molar-refractivity contribution in [3.05, 3.63) is 48.4 Å². The number of aromatic nitrogens is 2. The lowest BCUT2D eigenvalue weighted by atomic mass is 10.1. The van der Waals surface area contributed by atoms with Crippen molar-refractivity contribution in [2.45, 2.75) is 20.4 Å². The van der Waals surface area contributed by atoms with E-state index in [1.165, 1.54) is 16.0 Å². The fourth-order valence-corrected chi connectivity index (χ4v) is 3.21. The van der Waals surface area contributed by atoms with E-state index in [1.807, 2.05) is 6.20 Å². The Hall–Kier alpha value is -1.78. The van der Waals surface area contributed by atoms with Crippen LogP contribution in [0.1, 0.15) is 19.4 Å². The molecule has 0 atom stereocenters. The maximum absolute atomic E-state index is 4.29. The second kappa shape index (κ2) is 6.33. The zero-order valence-electron chi connectivity index (χ0n) is 12.3. The summed E-state index contributed by atoms with van der Waals surface area (Å²) in [6, 6.07) is 10.9. The lowest BCUT2D eigenvalue weighted by molar-refractivity contribution is 0.552. The molecule has 0 unspecified atom stereocenters. The molecule has 3 nitrogen and oxygen atoms in total. The maximum Gasteiger partial charge on any atom is 0.116 e. The van der Waals surface area contributed by atoms with Crippen molar-refractivity contribution < 1.29 is 0 Å². The molecule has 2 heterocycles. The molecule has 0 bridgehead atoms. The highest BCUT2D eigenvalue weighted by molar-refractivity contribution is 7.22. The molecular formula is C17H19N3S. The highest BCUT2D eigenvalue weighted by Gasteiger charge is 2.05. The highest BCUT2D eigenvalue weighted by Crippen LogP contribution is 2.31. The summed E-state index contributed by atoms with van der Waals surface area (Å²) in [7, 11) is 0. The van der Waals surface area contributed by atoms with Gasteiger partial charge in [0.25, 0.3) is 0 Å². The summed E-state index contributed by atoms with van der Waals surface area (Å²) in [5.74, 6) is 0.684. The highest BCUT2D eigenvalue weighted by atomic mass is 32.1. The van der Waals surface area contributed by atoms with Crippen molar-refractivity contribution in [3.63, 3.8) is 0 Å². The third-order valence-electron chi connectivity index (χ3n) is 3.32. The van der Waals surface area contributed by atoms with E-state index in [9.17, 15) is 0 Å². The fraction of sp³-hybridized carbons (Fsp3) is 0.294. The fourth-order valence-electron chi connectivity index (χ4n) is 2.22. The van der Waals surface area contributed by atoms with E-state index in [-0.39, 0.29) is 0 Å². The number of nitrogens with zero attached hydrogens (tertiary/aromatic N) is 2. The van der Waals surface area contributed by atoms with Gasteiger partial charge in [-0.3, -0.25) is 0 Å². The molecule has 0 radical (unpaired) electrons. The molecule has 0 aliphatic rings. The molecule has 2 aromatic heterocycles. The topological polar surface area (TPSA) is 37.8 Å². The molecule has 0 aliphatic carbocycles. The Kier molecular flexibility index (Phi) is 4.27. The first-order valence-corrected chi connectivity index (χ1v) is 8.03. The molecule has 0 saturated heterocycles. The minimum atomic E-state index is 0.684. The van der Waals surface area contributed by atoms with Crippen molar-refractivity contribution >= 4 is 21.6 Å². The Morgan fingerprint density at radius 1 is 1.19 bits per heavy atom. The Labute approximate surface area is 129 Å². The number of fused-ring (bicyclic) bond motifs is 1. The molecule has 108 valence electrons. The van der Waals surface area contributed by atoms with Gasteiger partial charge in [-0.15, -0.1) is 11.3 Å². The van der Waals surface area contributed by atoms with Crippen LogP contribution in [0.25, 0.3) is 20.7 Å². The van der Waals surface area contributed by atoms with E-state index in [4.69, 9.17) is 0 Å². The van der Waals surface area contributed by atoms with Gasteiger partial charge in [-0.1, -0.05) is 38.1 Å². The molecule has 4 heteroatoms. The molecule has 1 N–H and O–H groups in total. The molecule has 1 aromatic carbocycles. The summed E-state index contributed by atoms with van der Waals surface area (Å²) < 4.78 is 1.13. The predicted molar refractivity (Wildman–Crippen MR) is 89.4 cm³/mol. The van der Waals surface area contributed by atoms with Gasteiger partial charge >= 0.3 is 0 Å². The summed E-state index contributed by atoms with van der Waals surface area (Å²) in [5.41, 5.74) is 3.58. The third-order valence-corrected chi connectivity index (χ3v) is 4.42. The number of thiophene rings is 1. The van der Waals surface area contributed by atoms with Crippen LogP contribution >= 0.6 is 11.3 Å². The van der Waals surface area contributed by atoms with Crippen LogP contribution in [-0.4, -0.2) is 16.5 Å². The zero-order valence-corrected chi connectivity index (χ0v) is 13.2. The Balaban J connectivity index is 1.74. The van der Waals surface area contributed by atoms with Crippen LogP contribution in [0.5, 0.6) is 0 Å². The second-order valence-corrected chi connectivity index (χ2v) is 6.69. The summed E-state index contributed by atoms with van der Waals surface area (Å²) in [6.45, 7) is 6.42. The van der Waals surface area contributed by atoms with E-state index in [0.717, 1.165) is 23.3 Å². The Morgan fingerprint density at radius 3 is 2.71 bits per heavy atom. The molecule has 0 aliphatic heterocycles. The molecule has 0 spiro atoms. The second-order valence-electron chi connectivity index (χ2n) is 5.60. The van der Waals surface area contributed by atoms with Crippen LogP contribution in [0.2, 0.25) is 0 Å². The summed E-state index contributed by atoms with van der Waals surface area (Å²) >= 11 is 1.74. The van der Waals surface area contributed by atoms with Crippen LogP contribution in [0, 0.1) is 5.92 Å². The first-order chi connectivity index (χ1) is 10.2. The van der Waals surface area contributed by atoms with Crippen molar-refractivity contribution in [1.29, 1.82) is 0 Å². The molecule has 3 aromatic rings. The number of nitrogens with one attached hydrogen (secondary N) is 1. The van der Waals surface area contributed by atoms with E-state index >= 15 is 0 Å². The average molecular weight is 297 g/mol. The van der Waals surface area contributed by atoms with Crippen molar-refractivity contribution in [2.75, 3.05) is 6.54 Å². The standard InChI is InChI=1S/C17H19N3S/c1-12(2)8-18-9-13-3-5-14(6-4-13)16-7-15-17(21-16)10-19-11-20-15/h3-7,10-12,18H,8-9H2,1-2H3. The van der Waals surface area contributed by atoms with Gasteiger partial charge in [-0.05, 0) is 29.7 Å². The quantitative estimate of drug-likeness (QED) is 0.770. The van der Waals surface area contributed by atoms with Crippen LogP contribution in [0.4, 0.5) is 0 Å². The maximum atomic E-state index is 4.29. The number of benzene rings is 1. The number of rotatable bonds is 5. The number of hydrogen-bond donors (Lipinski definition) is 1. The minimum Gasteiger partial charge on any atom is -0.312 e. The summed E-state index contributed by atoms with van der Waals surface area (Å²) in [6.07, 6.45) is 3.48. The van der Waals surface area contributed by atoms with Crippen molar-refractivity contribution in [2.24, 2.45) is 5.92 Å². The smallest absolute Gasteiger partial charge is 0.116 e. The van der Waals surface area contributed by atoms with Gasteiger partial charge in [0.15, 0.2) is 0 Å². The molecular weight excluding hydrogens is 278 g/mol. The van der Waals surface area contributed by atoms with Crippen LogP contribution < -0.4 is 5.32 Å². The molecule has 3 rings (SSSR count). The van der Waals surface area contributed by atoms with E-state index in [0.29, 0.717) is 5.92 Å². The van der Waals surface area contributed by atoms with Gasteiger partial charge in [0.1, 0.15) is 6.33 Å². The Morgan fingerprint density at radius 2 is 2.00 bits per heavy atom. The van der Waals surface area contributed by atoms with Gasteiger partial charge in [-0.25, -0.2) is 9.97 Å². The van der Waals surface area contributed by atoms with Crippen LogP contribution in [0.15, 0.2) is 42.9 Å². The van der Waals surface area contributed by atoms with Gasteiger partial charge in [-0.2, -0.15) is 0 Å². The van der Waals surface area contributed by atoms with Crippen molar-refractivity contribution in [3.8, 4) is 10.4 Å². The van der Waals surface area contributed by atoms with Gasteiger partial charge in [0.2, 0.25) is 0 Å². The zero-order chi connectivity index (χ0) is 14.7. The Bertz CT molecular complexity index is 683. The average Bonchev–Trinajstić information content (AvgIpc) is 2.91. The molecule has 21 heavy (non-hydrogen) atoms. The monoisotopic (exact) mass is 297 g/mol. The molecule has 0 amide bonds. The first kappa shape index (κ1) is 14.2. The van der Waals surface area contributed by atoms with Gasteiger partial charge in [0, 0.05) is 17.6 Å². The normalized spacial score (nSPS) is 11.4. The van der Waals surface area contributed by atoms with Crippen molar-refractivity contribution in [1.82, 2.24) is 15.3 Å². The third kappa shape index (κ3) is 3.46. The number of hydrogen-bond acceptors (Lipinski definition) is 4. The van der Waals surface area contributed by atoms with E-state index in [2.05, 4.69) is 59.5 Å². The predicted octanol–water partition coefficient (Wildman–Crippen LogP) is 4.10. The lowest BCUT2D eigenvalue weighted by Crippen LogP contribution is -2.18. The van der Waals surface area contributed by atoms with E-state index < -0.39 is 0 Å². The van der Waals surface area contributed by atoms with Crippen LogP contribution in [-0.2, 0) is 6.54 Å². The van der Waals surface area contributed by atoms with Gasteiger partial charge in [0.05, 0.1) is 10.2 Å². The van der Waals surface area contributed by atoms with E-state index in [1.54, 1.807) is 17.7 Å². The largest absolute Gasteiger partial charge is 0.312 e. The molecule has 0 saturated carbocycles. The minimum absolute atomic E-state index is 0.684. The summed E-state index contributed by atoms with van der Waals surface area (Å²) in [5, 5.41) is 3.47. The summed E-state index contributed by atoms with van der Waals surface area (Å²) in [4.78, 5) is 9.61. The molecule has 0 fully saturated rings. The first-order valence-electron chi connectivity index (χ1n) is 7.22. The van der Waals surface area contributed by atoms with Gasteiger partial charge < -0.3 is 5.32 Å². The lowest BCUT2D eigenvalue weighted by Gasteiger charge is -2.07.